The molecule has 3 rings (SSSR count). The standard InChI is InChI=1S/C21H21BrN2O2S/c1-3-26-19-7-5-4-6-18(19)21-23-17(14-27-21)12-20(25)24(2)13-15-8-10-16(22)11-9-15/h4-11,14H,3,12-13H2,1-2H3. The highest BCUT2D eigenvalue weighted by Gasteiger charge is 2.15. The van der Waals surface area contributed by atoms with E-state index >= 15 is 0 Å². The third-order valence-corrected chi connectivity index (χ3v) is 5.51. The first-order chi connectivity index (χ1) is 13.1. The smallest absolute Gasteiger partial charge is 0.228 e. The zero-order valence-electron chi connectivity index (χ0n) is 15.3. The molecule has 27 heavy (non-hydrogen) atoms. The van der Waals surface area contributed by atoms with Gasteiger partial charge in [-0.25, -0.2) is 4.98 Å². The summed E-state index contributed by atoms with van der Waals surface area (Å²) >= 11 is 4.96. The van der Waals surface area contributed by atoms with E-state index in [1.165, 1.54) is 11.3 Å². The quantitative estimate of drug-likeness (QED) is 0.504. The van der Waals surface area contributed by atoms with E-state index in [9.17, 15) is 4.79 Å². The number of rotatable bonds is 7. The van der Waals surface area contributed by atoms with Crippen molar-refractivity contribution in [2.24, 2.45) is 0 Å². The van der Waals surface area contributed by atoms with Crippen LogP contribution in [0, 0.1) is 0 Å². The fourth-order valence-corrected chi connectivity index (χ4v) is 3.79. The molecule has 0 radical (unpaired) electrons. The Hall–Kier alpha value is -2.18. The van der Waals surface area contributed by atoms with E-state index in [1.807, 2.05) is 67.9 Å². The van der Waals surface area contributed by atoms with E-state index < -0.39 is 0 Å². The van der Waals surface area contributed by atoms with E-state index in [-0.39, 0.29) is 5.91 Å². The van der Waals surface area contributed by atoms with Crippen molar-refractivity contribution >= 4 is 33.2 Å². The van der Waals surface area contributed by atoms with Crippen LogP contribution >= 0.6 is 27.3 Å². The van der Waals surface area contributed by atoms with Crippen molar-refractivity contribution < 1.29 is 9.53 Å². The lowest BCUT2D eigenvalue weighted by molar-refractivity contribution is -0.129. The van der Waals surface area contributed by atoms with Crippen molar-refractivity contribution in [1.29, 1.82) is 0 Å². The molecule has 0 spiro atoms. The van der Waals surface area contributed by atoms with E-state index in [0.717, 1.165) is 32.1 Å². The Balaban J connectivity index is 1.66. The summed E-state index contributed by atoms with van der Waals surface area (Å²) in [5.41, 5.74) is 2.85. The van der Waals surface area contributed by atoms with Crippen LogP contribution in [0.4, 0.5) is 0 Å². The maximum Gasteiger partial charge on any atom is 0.228 e. The molecule has 1 amide bonds. The fraction of sp³-hybridized carbons (Fsp3) is 0.238. The van der Waals surface area contributed by atoms with Gasteiger partial charge in [-0.15, -0.1) is 11.3 Å². The molecule has 0 saturated heterocycles. The van der Waals surface area contributed by atoms with Crippen LogP contribution in [0.3, 0.4) is 0 Å². The third kappa shape index (κ3) is 5.17. The van der Waals surface area contributed by atoms with Crippen LogP contribution in [-0.4, -0.2) is 29.4 Å². The Bertz CT molecular complexity index is 909. The third-order valence-electron chi connectivity index (χ3n) is 4.06. The van der Waals surface area contributed by atoms with E-state index in [1.54, 1.807) is 4.90 Å². The lowest BCUT2D eigenvalue weighted by atomic mass is 10.2. The van der Waals surface area contributed by atoms with Crippen molar-refractivity contribution in [3.63, 3.8) is 0 Å². The number of aromatic nitrogens is 1. The van der Waals surface area contributed by atoms with Crippen molar-refractivity contribution in [2.45, 2.75) is 19.9 Å². The minimum atomic E-state index is 0.0489. The summed E-state index contributed by atoms with van der Waals surface area (Å²) in [5.74, 6) is 0.868. The van der Waals surface area contributed by atoms with Gasteiger partial charge in [0.2, 0.25) is 5.91 Å². The zero-order valence-corrected chi connectivity index (χ0v) is 17.7. The van der Waals surface area contributed by atoms with Crippen LogP contribution in [0.15, 0.2) is 58.4 Å². The van der Waals surface area contributed by atoms with Gasteiger partial charge in [-0.2, -0.15) is 0 Å². The average molecular weight is 445 g/mol. The summed E-state index contributed by atoms with van der Waals surface area (Å²) in [6.07, 6.45) is 0.292. The maximum absolute atomic E-state index is 12.6. The van der Waals surface area contributed by atoms with Gasteiger partial charge in [0.15, 0.2) is 0 Å². The van der Waals surface area contributed by atoms with Gasteiger partial charge in [-0.3, -0.25) is 4.79 Å². The predicted octanol–water partition coefficient (Wildman–Crippen LogP) is 5.17. The minimum absolute atomic E-state index is 0.0489. The summed E-state index contributed by atoms with van der Waals surface area (Å²) in [4.78, 5) is 18.9. The van der Waals surface area contributed by atoms with Crippen molar-refractivity contribution in [3.05, 3.63) is 69.6 Å². The number of likely N-dealkylation sites (N-methyl/N-ethyl adjacent to an activating group) is 1. The number of ether oxygens (including phenoxy) is 1. The Labute approximate surface area is 171 Å². The molecule has 3 aromatic rings. The monoisotopic (exact) mass is 444 g/mol. The normalized spacial score (nSPS) is 10.6. The lowest BCUT2D eigenvalue weighted by Gasteiger charge is -2.16. The number of carbonyl (C=O) groups excluding carboxylic acids is 1. The number of carbonyl (C=O) groups is 1. The number of hydrogen-bond donors (Lipinski definition) is 0. The van der Waals surface area contributed by atoms with Crippen molar-refractivity contribution in [3.8, 4) is 16.3 Å². The number of thiazole rings is 1. The Morgan fingerprint density at radius 2 is 1.93 bits per heavy atom. The second-order valence-corrected chi connectivity index (χ2v) is 7.90. The number of halogens is 1. The second-order valence-electron chi connectivity index (χ2n) is 6.13. The van der Waals surface area contributed by atoms with Crippen molar-refractivity contribution in [1.82, 2.24) is 9.88 Å². The molecule has 6 heteroatoms. The molecule has 0 aliphatic rings. The molecule has 1 heterocycles. The molecule has 0 fully saturated rings. The first-order valence-electron chi connectivity index (χ1n) is 8.72. The predicted molar refractivity (Wildman–Crippen MR) is 113 cm³/mol. The molecule has 0 saturated carbocycles. The summed E-state index contributed by atoms with van der Waals surface area (Å²) < 4.78 is 6.71. The van der Waals surface area contributed by atoms with Gasteiger partial charge >= 0.3 is 0 Å². The number of para-hydroxylation sites is 1. The Morgan fingerprint density at radius 3 is 2.67 bits per heavy atom. The highest BCUT2D eigenvalue weighted by molar-refractivity contribution is 9.10. The molecular formula is C21H21BrN2O2S. The van der Waals surface area contributed by atoms with Gasteiger partial charge in [0.05, 0.1) is 24.3 Å². The molecule has 2 aromatic carbocycles. The van der Waals surface area contributed by atoms with E-state index in [2.05, 4.69) is 20.9 Å². The van der Waals surface area contributed by atoms with Gasteiger partial charge in [-0.1, -0.05) is 40.2 Å². The largest absolute Gasteiger partial charge is 0.493 e. The lowest BCUT2D eigenvalue weighted by Crippen LogP contribution is -2.27. The molecule has 4 nitrogen and oxygen atoms in total. The molecule has 0 bridgehead atoms. The molecular weight excluding hydrogens is 424 g/mol. The van der Waals surface area contributed by atoms with E-state index in [4.69, 9.17) is 4.74 Å². The van der Waals surface area contributed by atoms with Gasteiger partial charge in [0.25, 0.3) is 0 Å². The number of benzene rings is 2. The summed E-state index contributed by atoms with van der Waals surface area (Å²) in [6, 6.07) is 15.8. The number of amides is 1. The number of nitrogens with zero attached hydrogens (tertiary/aromatic N) is 2. The second kappa shape index (κ2) is 9.15. The van der Waals surface area contributed by atoms with Crippen LogP contribution in [0.2, 0.25) is 0 Å². The van der Waals surface area contributed by atoms with Crippen LogP contribution in [0.1, 0.15) is 18.2 Å². The SMILES string of the molecule is CCOc1ccccc1-c1nc(CC(=O)N(C)Cc2ccc(Br)cc2)cs1. The van der Waals surface area contributed by atoms with Gasteiger partial charge in [-0.05, 0) is 36.8 Å². The van der Waals surface area contributed by atoms with Gasteiger partial charge < -0.3 is 9.64 Å². The Morgan fingerprint density at radius 1 is 1.19 bits per heavy atom. The molecule has 0 atom stereocenters. The van der Waals surface area contributed by atoms with Gasteiger partial charge in [0, 0.05) is 23.4 Å². The minimum Gasteiger partial charge on any atom is -0.493 e. The molecule has 1 aromatic heterocycles. The average Bonchev–Trinajstić information content (AvgIpc) is 3.12. The molecule has 0 N–H and O–H groups in total. The summed E-state index contributed by atoms with van der Waals surface area (Å²) in [7, 11) is 1.82. The summed E-state index contributed by atoms with van der Waals surface area (Å²) in [5, 5.41) is 2.82. The van der Waals surface area contributed by atoms with Gasteiger partial charge in [0.1, 0.15) is 10.8 Å². The molecule has 0 aliphatic heterocycles. The van der Waals surface area contributed by atoms with Crippen LogP contribution in [-0.2, 0) is 17.8 Å². The Kier molecular flexibility index (Phi) is 6.63. The molecule has 140 valence electrons. The maximum atomic E-state index is 12.6. The molecule has 0 unspecified atom stereocenters. The summed E-state index contributed by atoms with van der Waals surface area (Å²) in [6.45, 7) is 3.15. The first-order valence-corrected chi connectivity index (χ1v) is 10.4. The zero-order chi connectivity index (χ0) is 19.2. The highest BCUT2D eigenvalue weighted by Crippen LogP contribution is 2.32. The topological polar surface area (TPSA) is 42.4 Å². The number of hydrogen-bond acceptors (Lipinski definition) is 4. The fourth-order valence-electron chi connectivity index (χ4n) is 2.68. The van der Waals surface area contributed by atoms with Crippen LogP contribution in [0.5, 0.6) is 5.75 Å². The highest BCUT2D eigenvalue weighted by atomic mass is 79.9. The van der Waals surface area contributed by atoms with Crippen LogP contribution < -0.4 is 4.74 Å². The first kappa shape index (κ1) is 19.6. The van der Waals surface area contributed by atoms with Crippen molar-refractivity contribution in [2.75, 3.05) is 13.7 Å². The van der Waals surface area contributed by atoms with Crippen LogP contribution in [0.25, 0.3) is 10.6 Å². The molecule has 0 aliphatic carbocycles. The van der Waals surface area contributed by atoms with E-state index in [0.29, 0.717) is 19.6 Å².